The van der Waals surface area contributed by atoms with E-state index < -0.39 is 0 Å². The monoisotopic (exact) mass is 276 g/mol. The highest BCUT2D eigenvalue weighted by Gasteiger charge is 2.09. The predicted octanol–water partition coefficient (Wildman–Crippen LogP) is 2.11. The van der Waals surface area contributed by atoms with Crippen LogP contribution < -0.4 is 11.3 Å². The van der Waals surface area contributed by atoms with Crippen LogP contribution in [0.3, 0.4) is 0 Å². The van der Waals surface area contributed by atoms with Crippen LogP contribution in [0.4, 0.5) is 0 Å². The number of hydrogen-bond acceptors (Lipinski definition) is 4. The Bertz CT molecular complexity index is 526. The van der Waals surface area contributed by atoms with Gasteiger partial charge in [-0.05, 0) is 23.1 Å². The molecule has 100 valence electrons. The molecule has 0 aliphatic rings. The van der Waals surface area contributed by atoms with E-state index in [0.717, 1.165) is 12.0 Å². The Morgan fingerprint density at radius 3 is 2.84 bits per heavy atom. The first-order valence-electron chi connectivity index (χ1n) is 6.00. The number of thiophene rings is 1. The SMILES string of the molecule is NNC(=O)c1ccccc1COCCc1cccs1. The van der Waals surface area contributed by atoms with E-state index in [0.29, 0.717) is 18.8 Å². The van der Waals surface area contributed by atoms with E-state index in [1.54, 1.807) is 23.5 Å². The summed E-state index contributed by atoms with van der Waals surface area (Å²) in [5.74, 6) is 4.86. The number of rotatable bonds is 6. The normalized spacial score (nSPS) is 10.4. The molecule has 2 rings (SSSR count). The maximum absolute atomic E-state index is 11.6. The van der Waals surface area contributed by atoms with Gasteiger partial charge in [-0.1, -0.05) is 24.3 Å². The Kier molecular flexibility index (Phi) is 5.09. The van der Waals surface area contributed by atoms with Crippen LogP contribution in [0.1, 0.15) is 20.8 Å². The second-order valence-corrected chi connectivity index (χ2v) is 5.04. The number of carbonyl (C=O) groups excluding carboxylic acids is 1. The molecule has 0 radical (unpaired) electrons. The topological polar surface area (TPSA) is 64.3 Å². The summed E-state index contributed by atoms with van der Waals surface area (Å²) in [7, 11) is 0. The number of carbonyl (C=O) groups is 1. The van der Waals surface area contributed by atoms with Crippen LogP contribution in [0, 0.1) is 0 Å². The molecule has 0 saturated carbocycles. The van der Waals surface area contributed by atoms with Crippen molar-refractivity contribution in [3.8, 4) is 0 Å². The number of benzene rings is 1. The smallest absolute Gasteiger partial charge is 0.265 e. The minimum absolute atomic E-state index is 0.294. The molecule has 0 aliphatic carbocycles. The zero-order chi connectivity index (χ0) is 13.5. The fourth-order valence-electron chi connectivity index (χ4n) is 1.76. The van der Waals surface area contributed by atoms with Gasteiger partial charge in [0.05, 0.1) is 13.2 Å². The number of amides is 1. The highest BCUT2D eigenvalue weighted by atomic mass is 32.1. The van der Waals surface area contributed by atoms with Crippen molar-refractivity contribution in [1.29, 1.82) is 0 Å². The first kappa shape index (κ1) is 13.7. The molecule has 4 nitrogen and oxygen atoms in total. The third-order valence-electron chi connectivity index (χ3n) is 2.72. The highest BCUT2D eigenvalue weighted by molar-refractivity contribution is 7.09. The van der Waals surface area contributed by atoms with Gasteiger partial charge in [0.1, 0.15) is 0 Å². The van der Waals surface area contributed by atoms with Crippen molar-refractivity contribution in [3.05, 3.63) is 57.8 Å². The van der Waals surface area contributed by atoms with E-state index in [1.165, 1.54) is 4.88 Å². The van der Waals surface area contributed by atoms with E-state index in [1.807, 2.05) is 18.2 Å². The lowest BCUT2D eigenvalue weighted by Crippen LogP contribution is -2.30. The molecule has 0 bridgehead atoms. The lowest BCUT2D eigenvalue weighted by Gasteiger charge is -2.08. The van der Waals surface area contributed by atoms with Crippen molar-refractivity contribution >= 4 is 17.2 Å². The van der Waals surface area contributed by atoms with Gasteiger partial charge in [0, 0.05) is 16.9 Å². The zero-order valence-electron chi connectivity index (χ0n) is 10.5. The second-order valence-electron chi connectivity index (χ2n) is 4.01. The van der Waals surface area contributed by atoms with Crippen LogP contribution in [0.5, 0.6) is 0 Å². The second kappa shape index (κ2) is 7.04. The molecular weight excluding hydrogens is 260 g/mol. The molecule has 3 N–H and O–H groups in total. The quantitative estimate of drug-likeness (QED) is 0.367. The molecule has 1 aromatic carbocycles. The summed E-state index contributed by atoms with van der Waals surface area (Å²) < 4.78 is 5.61. The Balaban J connectivity index is 1.87. The van der Waals surface area contributed by atoms with Gasteiger partial charge in [0.2, 0.25) is 0 Å². The van der Waals surface area contributed by atoms with Crippen LogP contribution in [0.25, 0.3) is 0 Å². The maximum atomic E-state index is 11.6. The van der Waals surface area contributed by atoms with Gasteiger partial charge in [-0.15, -0.1) is 11.3 Å². The van der Waals surface area contributed by atoms with Crippen LogP contribution in [-0.2, 0) is 17.8 Å². The number of hydrogen-bond donors (Lipinski definition) is 2. The van der Waals surface area contributed by atoms with Crippen molar-refractivity contribution < 1.29 is 9.53 Å². The maximum Gasteiger partial charge on any atom is 0.265 e. The van der Waals surface area contributed by atoms with Crippen molar-refractivity contribution in [2.24, 2.45) is 5.84 Å². The lowest BCUT2D eigenvalue weighted by atomic mass is 10.1. The van der Waals surface area contributed by atoms with Gasteiger partial charge in [-0.3, -0.25) is 10.2 Å². The molecular formula is C14H16N2O2S. The third kappa shape index (κ3) is 3.89. The Morgan fingerprint density at radius 1 is 1.26 bits per heavy atom. The summed E-state index contributed by atoms with van der Waals surface area (Å²) in [6.07, 6.45) is 0.892. The summed E-state index contributed by atoms with van der Waals surface area (Å²) in [6.45, 7) is 1.05. The zero-order valence-corrected chi connectivity index (χ0v) is 11.3. The summed E-state index contributed by atoms with van der Waals surface area (Å²) in [5, 5.41) is 2.05. The minimum Gasteiger partial charge on any atom is -0.376 e. The van der Waals surface area contributed by atoms with E-state index >= 15 is 0 Å². The molecule has 5 heteroatoms. The first-order chi connectivity index (χ1) is 9.31. The van der Waals surface area contributed by atoms with Gasteiger partial charge >= 0.3 is 0 Å². The van der Waals surface area contributed by atoms with Gasteiger partial charge in [-0.2, -0.15) is 0 Å². The summed E-state index contributed by atoms with van der Waals surface area (Å²) in [6, 6.07) is 11.4. The van der Waals surface area contributed by atoms with Crippen LogP contribution in [0.2, 0.25) is 0 Å². The van der Waals surface area contributed by atoms with E-state index in [4.69, 9.17) is 10.6 Å². The number of nitrogen functional groups attached to an aromatic ring is 1. The van der Waals surface area contributed by atoms with Gasteiger partial charge in [0.25, 0.3) is 5.91 Å². The average Bonchev–Trinajstić information content (AvgIpc) is 2.96. The Morgan fingerprint density at radius 2 is 2.11 bits per heavy atom. The molecule has 2 aromatic rings. The van der Waals surface area contributed by atoms with Gasteiger partial charge in [-0.25, -0.2) is 5.84 Å². The fourth-order valence-corrected chi connectivity index (χ4v) is 2.45. The molecule has 1 heterocycles. The molecule has 1 aromatic heterocycles. The molecule has 0 atom stereocenters. The number of nitrogens with one attached hydrogen (secondary N) is 1. The van der Waals surface area contributed by atoms with Crippen molar-refractivity contribution in [1.82, 2.24) is 5.43 Å². The van der Waals surface area contributed by atoms with E-state index in [2.05, 4.69) is 16.9 Å². The van der Waals surface area contributed by atoms with Crippen molar-refractivity contribution in [2.75, 3.05) is 6.61 Å². The van der Waals surface area contributed by atoms with Crippen LogP contribution in [-0.4, -0.2) is 12.5 Å². The van der Waals surface area contributed by atoms with Gasteiger partial charge in [0.15, 0.2) is 0 Å². The molecule has 0 unspecified atom stereocenters. The summed E-state index contributed by atoms with van der Waals surface area (Å²) in [4.78, 5) is 12.9. The average molecular weight is 276 g/mol. The standard InChI is InChI=1S/C14H16N2O2S/c15-16-14(17)13-6-2-1-4-11(13)10-18-8-7-12-5-3-9-19-12/h1-6,9H,7-8,10,15H2,(H,16,17). The first-order valence-corrected chi connectivity index (χ1v) is 6.88. The van der Waals surface area contributed by atoms with Crippen LogP contribution >= 0.6 is 11.3 Å². The predicted molar refractivity (Wildman–Crippen MR) is 75.8 cm³/mol. The molecule has 0 aliphatic heterocycles. The van der Waals surface area contributed by atoms with E-state index in [-0.39, 0.29) is 5.91 Å². The molecule has 1 amide bonds. The van der Waals surface area contributed by atoms with Crippen molar-refractivity contribution in [2.45, 2.75) is 13.0 Å². The van der Waals surface area contributed by atoms with E-state index in [9.17, 15) is 4.79 Å². The van der Waals surface area contributed by atoms with Crippen LogP contribution in [0.15, 0.2) is 41.8 Å². The Labute approximate surface area is 116 Å². The number of ether oxygens (including phenoxy) is 1. The summed E-state index contributed by atoms with van der Waals surface area (Å²) in [5.41, 5.74) is 3.54. The third-order valence-corrected chi connectivity index (χ3v) is 3.66. The minimum atomic E-state index is -0.294. The van der Waals surface area contributed by atoms with Crippen molar-refractivity contribution in [3.63, 3.8) is 0 Å². The number of hydrazine groups is 1. The lowest BCUT2D eigenvalue weighted by molar-refractivity contribution is 0.0941. The fraction of sp³-hybridized carbons (Fsp3) is 0.214. The molecule has 0 saturated heterocycles. The number of nitrogens with two attached hydrogens (primary N) is 1. The molecule has 19 heavy (non-hydrogen) atoms. The summed E-state index contributed by atoms with van der Waals surface area (Å²) >= 11 is 1.72. The molecule has 0 spiro atoms. The Hall–Kier alpha value is -1.69. The highest BCUT2D eigenvalue weighted by Crippen LogP contribution is 2.12. The van der Waals surface area contributed by atoms with Gasteiger partial charge < -0.3 is 4.74 Å². The largest absolute Gasteiger partial charge is 0.376 e. The molecule has 0 fully saturated rings.